The summed E-state index contributed by atoms with van der Waals surface area (Å²) in [5.41, 5.74) is 0.680. The summed E-state index contributed by atoms with van der Waals surface area (Å²) >= 11 is 1.78. The van der Waals surface area contributed by atoms with Crippen molar-refractivity contribution in [3.8, 4) is 0 Å². The molecule has 1 aromatic rings. The summed E-state index contributed by atoms with van der Waals surface area (Å²) in [4.78, 5) is 23.5. The van der Waals surface area contributed by atoms with Crippen molar-refractivity contribution in [2.75, 3.05) is 6.54 Å². The summed E-state index contributed by atoms with van der Waals surface area (Å²) in [6.07, 6.45) is 3.65. The average molecular weight is 323 g/mol. The molecule has 122 valence electrons. The average Bonchev–Trinajstić information content (AvgIpc) is 2.46. The van der Waals surface area contributed by atoms with Crippen LogP contribution in [0.2, 0.25) is 0 Å². The maximum atomic E-state index is 12.0. The molecule has 1 amide bonds. The van der Waals surface area contributed by atoms with Gasteiger partial charge < -0.3 is 10.4 Å². The highest BCUT2D eigenvalue weighted by Crippen LogP contribution is 2.22. The number of aliphatic carboxylic acids is 1. The third kappa shape index (κ3) is 8.08. The van der Waals surface area contributed by atoms with Gasteiger partial charge in [0.1, 0.15) is 0 Å². The van der Waals surface area contributed by atoms with Gasteiger partial charge >= 0.3 is 5.97 Å². The highest BCUT2D eigenvalue weighted by atomic mass is 32.2. The topological polar surface area (TPSA) is 66.4 Å². The van der Waals surface area contributed by atoms with Crippen molar-refractivity contribution < 1.29 is 14.7 Å². The van der Waals surface area contributed by atoms with E-state index in [0.29, 0.717) is 23.8 Å². The maximum Gasteiger partial charge on any atom is 0.303 e. The SMILES string of the molecule is CC(C)Sc1ccc(C(=O)NCCCCCCC(=O)O)cc1. The molecule has 0 saturated carbocycles. The Labute approximate surface area is 136 Å². The lowest BCUT2D eigenvalue weighted by atomic mass is 10.1. The number of nitrogens with one attached hydrogen (secondary N) is 1. The number of amides is 1. The van der Waals surface area contributed by atoms with Crippen LogP contribution in [0.25, 0.3) is 0 Å². The highest BCUT2D eigenvalue weighted by Gasteiger charge is 2.05. The van der Waals surface area contributed by atoms with Crippen LogP contribution in [0.1, 0.15) is 56.3 Å². The van der Waals surface area contributed by atoms with E-state index in [1.807, 2.05) is 24.3 Å². The maximum absolute atomic E-state index is 12.0. The van der Waals surface area contributed by atoms with E-state index in [0.717, 1.165) is 19.3 Å². The van der Waals surface area contributed by atoms with Gasteiger partial charge in [-0.25, -0.2) is 0 Å². The molecule has 0 unspecified atom stereocenters. The molecular formula is C17H25NO3S. The van der Waals surface area contributed by atoms with Gasteiger partial charge in [0.15, 0.2) is 0 Å². The lowest BCUT2D eigenvalue weighted by Gasteiger charge is -2.07. The molecule has 0 bridgehead atoms. The third-order valence-corrected chi connectivity index (χ3v) is 4.11. The molecule has 2 N–H and O–H groups in total. The second kappa shape index (κ2) is 10.3. The summed E-state index contributed by atoms with van der Waals surface area (Å²) < 4.78 is 0. The fourth-order valence-corrected chi connectivity index (χ4v) is 2.85. The summed E-state index contributed by atoms with van der Waals surface area (Å²) in [5.74, 6) is -0.793. The summed E-state index contributed by atoms with van der Waals surface area (Å²) in [5, 5.41) is 11.9. The first-order valence-corrected chi connectivity index (χ1v) is 8.63. The van der Waals surface area contributed by atoms with Gasteiger partial charge in [-0.15, -0.1) is 11.8 Å². The van der Waals surface area contributed by atoms with E-state index in [1.165, 1.54) is 4.90 Å². The predicted octanol–water partition coefficient (Wildman–Crippen LogP) is 3.95. The number of carboxylic acid groups (broad SMARTS) is 1. The van der Waals surface area contributed by atoms with E-state index in [9.17, 15) is 9.59 Å². The van der Waals surface area contributed by atoms with E-state index in [2.05, 4.69) is 19.2 Å². The summed E-state index contributed by atoms with van der Waals surface area (Å²) in [6.45, 7) is 4.91. The van der Waals surface area contributed by atoms with Crippen molar-refractivity contribution >= 4 is 23.6 Å². The lowest BCUT2D eigenvalue weighted by molar-refractivity contribution is -0.137. The smallest absolute Gasteiger partial charge is 0.303 e. The van der Waals surface area contributed by atoms with E-state index >= 15 is 0 Å². The molecule has 0 atom stereocenters. The molecule has 22 heavy (non-hydrogen) atoms. The Morgan fingerprint density at radius 1 is 1.09 bits per heavy atom. The minimum Gasteiger partial charge on any atom is -0.481 e. The molecule has 0 spiro atoms. The Morgan fingerprint density at radius 3 is 2.32 bits per heavy atom. The molecule has 0 aromatic heterocycles. The zero-order valence-electron chi connectivity index (χ0n) is 13.3. The Hall–Kier alpha value is -1.49. The normalized spacial score (nSPS) is 10.7. The number of unbranched alkanes of at least 4 members (excludes halogenated alkanes) is 3. The van der Waals surface area contributed by atoms with Gasteiger partial charge in [-0.3, -0.25) is 9.59 Å². The quantitative estimate of drug-likeness (QED) is 0.505. The van der Waals surface area contributed by atoms with Crippen molar-refractivity contribution in [2.24, 2.45) is 0 Å². The van der Waals surface area contributed by atoms with E-state index in [1.54, 1.807) is 11.8 Å². The van der Waals surface area contributed by atoms with Crippen LogP contribution in [0.5, 0.6) is 0 Å². The van der Waals surface area contributed by atoms with Crippen LogP contribution in [-0.2, 0) is 4.79 Å². The van der Waals surface area contributed by atoms with E-state index < -0.39 is 5.97 Å². The third-order valence-electron chi connectivity index (χ3n) is 3.09. The molecule has 0 saturated heterocycles. The Bertz CT molecular complexity index is 471. The first-order chi connectivity index (χ1) is 10.5. The summed E-state index contributed by atoms with van der Waals surface area (Å²) in [7, 11) is 0. The van der Waals surface area contributed by atoms with Crippen LogP contribution in [0.3, 0.4) is 0 Å². The summed E-state index contributed by atoms with van der Waals surface area (Å²) in [6, 6.07) is 7.66. The monoisotopic (exact) mass is 323 g/mol. The largest absolute Gasteiger partial charge is 0.481 e. The van der Waals surface area contributed by atoms with Crippen molar-refractivity contribution in [3.05, 3.63) is 29.8 Å². The number of rotatable bonds is 10. The van der Waals surface area contributed by atoms with Gasteiger partial charge in [-0.05, 0) is 37.1 Å². The molecule has 0 aliphatic rings. The van der Waals surface area contributed by atoms with Gasteiger partial charge in [0.2, 0.25) is 0 Å². The van der Waals surface area contributed by atoms with Gasteiger partial charge in [-0.2, -0.15) is 0 Å². The minimum absolute atomic E-state index is 0.0494. The van der Waals surface area contributed by atoms with Gasteiger partial charge in [-0.1, -0.05) is 26.7 Å². The number of carboxylic acids is 1. The fraction of sp³-hybridized carbons (Fsp3) is 0.529. The van der Waals surface area contributed by atoms with Gasteiger partial charge in [0.05, 0.1) is 0 Å². The van der Waals surface area contributed by atoms with Crippen molar-refractivity contribution in [1.82, 2.24) is 5.32 Å². The molecular weight excluding hydrogens is 298 g/mol. The Balaban J connectivity index is 2.21. The molecule has 1 aromatic carbocycles. The molecule has 1 rings (SSSR count). The number of benzene rings is 1. The number of hydrogen-bond donors (Lipinski definition) is 2. The van der Waals surface area contributed by atoms with Crippen LogP contribution in [0.15, 0.2) is 29.2 Å². The second-order valence-corrected chi connectivity index (χ2v) is 7.15. The van der Waals surface area contributed by atoms with Crippen LogP contribution < -0.4 is 5.32 Å². The zero-order valence-corrected chi connectivity index (χ0v) is 14.1. The molecule has 0 aliphatic heterocycles. The second-order valence-electron chi connectivity index (χ2n) is 5.50. The minimum atomic E-state index is -0.743. The number of thioether (sulfide) groups is 1. The van der Waals surface area contributed by atoms with Crippen molar-refractivity contribution in [1.29, 1.82) is 0 Å². The van der Waals surface area contributed by atoms with Gasteiger partial charge in [0.25, 0.3) is 5.91 Å². The van der Waals surface area contributed by atoms with Crippen LogP contribution >= 0.6 is 11.8 Å². The van der Waals surface area contributed by atoms with Crippen molar-refractivity contribution in [2.45, 2.75) is 56.1 Å². The van der Waals surface area contributed by atoms with Crippen molar-refractivity contribution in [3.63, 3.8) is 0 Å². The van der Waals surface area contributed by atoms with Crippen LogP contribution in [0.4, 0.5) is 0 Å². The van der Waals surface area contributed by atoms with Gasteiger partial charge in [0, 0.05) is 28.7 Å². The predicted molar refractivity (Wildman–Crippen MR) is 90.5 cm³/mol. The van der Waals surface area contributed by atoms with E-state index in [4.69, 9.17) is 5.11 Å². The van der Waals surface area contributed by atoms with Crippen LogP contribution in [0, 0.1) is 0 Å². The first kappa shape index (κ1) is 18.6. The number of carbonyl (C=O) groups excluding carboxylic acids is 1. The Kier molecular flexibility index (Phi) is 8.67. The first-order valence-electron chi connectivity index (χ1n) is 7.75. The molecule has 0 heterocycles. The zero-order chi connectivity index (χ0) is 16.4. The molecule has 4 nitrogen and oxygen atoms in total. The van der Waals surface area contributed by atoms with Crippen LogP contribution in [-0.4, -0.2) is 28.8 Å². The molecule has 5 heteroatoms. The number of hydrogen-bond acceptors (Lipinski definition) is 3. The molecule has 0 aliphatic carbocycles. The lowest BCUT2D eigenvalue weighted by Crippen LogP contribution is -2.24. The molecule has 0 radical (unpaired) electrons. The Morgan fingerprint density at radius 2 is 1.73 bits per heavy atom. The standard InChI is InChI=1S/C17H25NO3S/c1-13(2)22-15-10-8-14(9-11-15)17(21)18-12-6-4-3-5-7-16(19)20/h8-11,13H,3-7,12H2,1-2H3,(H,18,21)(H,19,20). The fourth-order valence-electron chi connectivity index (χ4n) is 2.02. The molecule has 0 fully saturated rings. The number of carbonyl (C=O) groups is 2. The highest BCUT2D eigenvalue weighted by molar-refractivity contribution is 7.99. The van der Waals surface area contributed by atoms with E-state index in [-0.39, 0.29) is 12.3 Å².